The van der Waals surface area contributed by atoms with E-state index in [1.165, 1.54) is 13.2 Å². The third-order valence-corrected chi connectivity index (χ3v) is 7.69. The van der Waals surface area contributed by atoms with Gasteiger partial charge in [-0.15, -0.1) is 0 Å². The number of hydrogen-bond donors (Lipinski definition) is 1. The molecule has 0 saturated carbocycles. The molecule has 0 saturated heterocycles. The van der Waals surface area contributed by atoms with Gasteiger partial charge in [0.1, 0.15) is 17.6 Å². The molecular formula is C40H38N2O6. The van der Waals surface area contributed by atoms with Crippen molar-refractivity contribution >= 4 is 29.4 Å². The summed E-state index contributed by atoms with van der Waals surface area (Å²) in [6, 6.07) is 36.4. The van der Waals surface area contributed by atoms with Gasteiger partial charge >= 0.3 is 5.97 Å². The monoisotopic (exact) mass is 642 g/mol. The van der Waals surface area contributed by atoms with Crippen LogP contribution in [0.2, 0.25) is 0 Å². The van der Waals surface area contributed by atoms with Gasteiger partial charge in [-0.2, -0.15) is 0 Å². The van der Waals surface area contributed by atoms with Crippen molar-refractivity contribution in [3.05, 3.63) is 162 Å². The summed E-state index contributed by atoms with van der Waals surface area (Å²) in [5, 5.41) is 3.24. The molecule has 5 rings (SSSR count). The summed E-state index contributed by atoms with van der Waals surface area (Å²) in [4.78, 5) is 40.8. The zero-order valence-electron chi connectivity index (χ0n) is 26.8. The SMILES string of the molecule is COC(=O)[C@H](Cc1ccc(OCCCN(Cc2ccccc2)C(=O)/C=C/c2ccco2)cc1)Nc1ccccc1C(=O)c1ccccc1. The fourth-order valence-corrected chi connectivity index (χ4v) is 5.19. The lowest BCUT2D eigenvalue weighted by atomic mass is 10.00. The minimum Gasteiger partial charge on any atom is -0.494 e. The van der Waals surface area contributed by atoms with Gasteiger partial charge in [0.2, 0.25) is 5.91 Å². The molecule has 4 aromatic carbocycles. The minimum absolute atomic E-state index is 0.111. The molecule has 1 N–H and O–H groups in total. The molecule has 244 valence electrons. The second-order valence-corrected chi connectivity index (χ2v) is 11.1. The van der Waals surface area contributed by atoms with E-state index in [4.69, 9.17) is 13.9 Å². The van der Waals surface area contributed by atoms with E-state index in [2.05, 4.69) is 5.32 Å². The minimum atomic E-state index is -0.721. The number of ether oxygens (including phenoxy) is 2. The van der Waals surface area contributed by atoms with Crippen molar-refractivity contribution in [1.29, 1.82) is 0 Å². The molecule has 0 spiro atoms. The zero-order valence-corrected chi connectivity index (χ0v) is 26.8. The third-order valence-electron chi connectivity index (χ3n) is 7.69. The summed E-state index contributed by atoms with van der Waals surface area (Å²) >= 11 is 0. The third kappa shape index (κ3) is 9.56. The van der Waals surface area contributed by atoms with E-state index in [0.29, 0.717) is 60.9 Å². The molecular weight excluding hydrogens is 604 g/mol. The number of carbonyl (C=O) groups excluding carboxylic acids is 3. The molecule has 0 aliphatic heterocycles. The Morgan fingerprint density at radius 2 is 1.52 bits per heavy atom. The van der Waals surface area contributed by atoms with E-state index in [1.807, 2.05) is 78.9 Å². The Hall–Kier alpha value is -5.89. The highest BCUT2D eigenvalue weighted by Crippen LogP contribution is 2.22. The maximum absolute atomic E-state index is 13.2. The number of para-hydroxylation sites is 1. The lowest BCUT2D eigenvalue weighted by molar-refractivity contribution is -0.141. The first kappa shape index (κ1) is 33.5. The van der Waals surface area contributed by atoms with Gasteiger partial charge in [-0.1, -0.05) is 84.9 Å². The predicted octanol–water partition coefficient (Wildman–Crippen LogP) is 7.22. The molecule has 0 fully saturated rings. The number of furan rings is 1. The van der Waals surface area contributed by atoms with Gasteiger partial charge in [-0.25, -0.2) is 4.79 Å². The van der Waals surface area contributed by atoms with Gasteiger partial charge in [0.15, 0.2) is 5.78 Å². The second kappa shape index (κ2) is 17.1. The molecule has 0 unspecified atom stereocenters. The van der Waals surface area contributed by atoms with Crippen LogP contribution < -0.4 is 10.1 Å². The number of carbonyl (C=O) groups is 3. The van der Waals surface area contributed by atoms with Crippen LogP contribution in [0.3, 0.4) is 0 Å². The number of hydrogen-bond acceptors (Lipinski definition) is 7. The van der Waals surface area contributed by atoms with Crippen LogP contribution in [-0.2, 0) is 27.3 Å². The normalized spacial score (nSPS) is 11.5. The molecule has 1 atom stereocenters. The fraction of sp³-hybridized carbons (Fsp3) is 0.175. The van der Waals surface area contributed by atoms with Crippen LogP contribution in [-0.4, -0.2) is 48.9 Å². The van der Waals surface area contributed by atoms with E-state index >= 15 is 0 Å². The fourth-order valence-electron chi connectivity index (χ4n) is 5.19. The predicted molar refractivity (Wildman–Crippen MR) is 186 cm³/mol. The average Bonchev–Trinajstić information content (AvgIpc) is 3.66. The summed E-state index contributed by atoms with van der Waals surface area (Å²) in [6.07, 6.45) is 5.73. The molecule has 1 heterocycles. The van der Waals surface area contributed by atoms with Crippen LogP contribution in [0.4, 0.5) is 5.69 Å². The average molecular weight is 643 g/mol. The molecule has 8 nitrogen and oxygen atoms in total. The van der Waals surface area contributed by atoms with Crippen molar-refractivity contribution in [2.75, 3.05) is 25.6 Å². The van der Waals surface area contributed by atoms with E-state index in [1.54, 1.807) is 59.7 Å². The number of benzene rings is 4. The van der Waals surface area contributed by atoms with Crippen molar-refractivity contribution in [3.8, 4) is 5.75 Å². The molecule has 5 aromatic rings. The smallest absolute Gasteiger partial charge is 0.328 e. The number of methoxy groups -OCH3 is 1. The molecule has 1 aromatic heterocycles. The number of nitrogens with zero attached hydrogens (tertiary/aromatic N) is 1. The van der Waals surface area contributed by atoms with Crippen LogP contribution in [0.5, 0.6) is 5.75 Å². The molecule has 0 aliphatic rings. The van der Waals surface area contributed by atoms with E-state index in [0.717, 1.165) is 11.1 Å². The Morgan fingerprint density at radius 1 is 0.812 bits per heavy atom. The van der Waals surface area contributed by atoms with Gasteiger partial charge in [-0.3, -0.25) is 9.59 Å². The standard InChI is InChI=1S/C40H38N2O6/c1-46-40(45)37(41-36-18-9-8-17-35(36)39(44)32-14-6-3-7-15-32)28-30-19-21-34(22-20-30)48-27-11-25-42(29-31-12-4-2-5-13-31)38(43)24-23-33-16-10-26-47-33/h2-10,12-24,26,37,41H,11,25,27-29H2,1H3/b24-23+/t37-/m0/s1. The first-order chi connectivity index (χ1) is 23.5. The highest BCUT2D eigenvalue weighted by Gasteiger charge is 2.23. The Bertz CT molecular complexity index is 1790. The van der Waals surface area contributed by atoms with Gasteiger partial charge < -0.3 is 24.1 Å². The molecule has 48 heavy (non-hydrogen) atoms. The number of anilines is 1. The first-order valence-electron chi connectivity index (χ1n) is 15.8. The lowest BCUT2D eigenvalue weighted by Crippen LogP contribution is -2.33. The Morgan fingerprint density at radius 3 is 2.23 bits per heavy atom. The van der Waals surface area contributed by atoms with Gasteiger partial charge in [0.25, 0.3) is 0 Å². The molecule has 8 heteroatoms. The largest absolute Gasteiger partial charge is 0.494 e. The number of amides is 1. The summed E-state index contributed by atoms with van der Waals surface area (Å²) in [7, 11) is 1.35. The Balaban J connectivity index is 1.17. The second-order valence-electron chi connectivity index (χ2n) is 11.1. The van der Waals surface area contributed by atoms with Crippen molar-refractivity contribution < 1.29 is 28.3 Å². The number of rotatable bonds is 16. The van der Waals surface area contributed by atoms with Crippen LogP contribution in [0.15, 0.2) is 138 Å². The summed E-state index contributed by atoms with van der Waals surface area (Å²) in [5.74, 6) is 0.610. The van der Waals surface area contributed by atoms with Crippen LogP contribution in [0.1, 0.15) is 39.2 Å². The maximum Gasteiger partial charge on any atom is 0.328 e. The Kier molecular flexibility index (Phi) is 12.0. The summed E-state index contributed by atoms with van der Waals surface area (Å²) in [5.41, 5.74) is 3.52. The highest BCUT2D eigenvalue weighted by atomic mass is 16.5. The molecule has 1 amide bonds. The quantitative estimate of drug-likeness (QED) is 0.0525. The molecule has 0 bridgehead atoms. The highest BCUT2D eigenvalue weighted by molar-refractivity contribution is 6.12. The number of esters is 1. The molecule has 0 radical (unpaired) electrons. The maximum atomic E-state index is 13.2. The molecule has 0 aliphatic carbocycles. The topological polar surface area (TPSA) is 98.1 Å². The number of ketones is 1. The van der Waals surface area contributed by atoms with E-state index in [-0.39, 0.29) is 11.7 Å². The first-order valence-corrected chi connectivity index (χ1v) is 15.8. The zero-order chi connectivity index (χ0) is 33.6. The van der Waals surface area contributed by atoms with Gasteiger partial charge in [0, 0.05) is 42.4 Å². The van der Waals surface area contributed by atoms with Crippen molar-refractivity contribution in [3.63, 3.8) is 0 Å². The van der Waals surface area contributed by atoms with Crippen LogP contribution in [0.25, 0.3) is 6.08 Å². The van der Waals surface area contributed by atoms with E-state index < -0.39 is 12.0 Å². The van der Waals surface area contributed by atoms with Crippen molar-refractivity contribution in [2.45, 2.75) is 25.4 Å². The van der Waals surface area contributed by atoms with Gasteiger partial charge in [-0.05, 0) is 60.0 Å². The van der Waals surface area contributed by atoms with Crippen LogP contribution >= 0.6 is 0 Å². The van der Waals surface area contributed by atoms with E-state index in [9.17, 15) is 14.4 Å². The van der Waals surface area contributed by atoms with Crippen molar-refractivity contribution in [1.82, 2.24) is 4.90 Å². The number of nitrogens with one attached hydrogen (secondary N) is 1. The summed E-state index contributed by atoms with van der Waals surface area (Å²) in [6.45, 7) is 1.41. The Labute approximate surface area is 280 Å². The van der Waals surface area contributed by atoms with Crippen molar-refractivity contribution in [2.24, 2.45) is 0 Å². The van der Waals surface area contributed by atoms with Gasteiger partial charge in [0.05, 0.1) is 20.0 Å². The summed E-state index contributed by atoms with van der Waals surface area (Å²) < 4.78 is 16.4. The van der Waals surface area contributed by atoms with Crippen LogP contribution in [0, 0.1) is 0 Å². The lowest BCUT2D eigenvalue weighted by Gasteiger charge is -2.21.